The number of fused-ring (bicyclic) bond motifs is 3. The number of nitrogens with zero attached hydrogens (tertiary/aromatic N) is 1. The van der Waals surface area contributed by atoms with Crippen LogP contribution in [0.2, 0.25) is 0 Å². The molecule has 0 amide bonds. The molecule has 4 heteroatoms. The van der Waals surface area contributed by atoms with Gasteiger partial charge in [0.05, 0.1) is 5.56 Å². The van der Waals surface area contributed by atoms with Gasteiger partial charge >= 0.3 is 5.63 Å². The minimum Gasteiger partial charge on any atom is -0.478 e. The lowest BCUT2D eigenvalue weighted by Crippen LogP contribution is -2.34. The topological polar surface area (TPSA) is 42.7 Å². The Bertz CT molecular complexity index is 1220. The van der Waals surface area contributed by atoms with Crippen molar-refractivity contribution in [1.29, 1.82) is 0 Å². The Hall–Kier alpha value is -3.37. The van der Waals surface area contributed by atoms with Crippen molar-refractivity contribution in [2.24, 2.45) is 0 Å². The second kappa shape index (κ2) is 7.22. The molecule has 0 saturated heterocycles. The van der Waals surface area contributed by atoms with E-state index < -0.39 is 0 Å². The summed E-state index contributed by atoms with van der Waals surface area (Å²) in [6.07, 6.45) is 0. The minimum absolute atomic E-state index is 0.184. The summed E-state index contributed by atoms with van der Waals surface area (Å²) >= 11 is 0. The van der Waals surface area contributed by atoms with Crippen molar-refractivity contribution < 1.29 is 9.15 Å². The fourth-order valence-electron chi connectivity index (χ4n) is 4.00. The molecule has 0 unspecified atom stereocenters. The van der Waals surface area contributed by atoms with Gasteiger partial charge in [0.25, 0.3) is 0 Å². The van der Waals surface area contributed by atoms with Crippen LogP contribution in [-0.2, 0) is 6.54 Å². The molecule has 2 heterocycles. The van der Waals surface area contributed by atoms with Crippen molar-refractivity contribution in [2.75, 3.05) is 6.73 Å². The second-order valence-electron chi connectivity index (χ2n) is 7.37. The fraction of sp³-hybridized carbons (Fsp3) is 0.160. The van der Waals surface area contributed by atoms with Gasteiger partial charge in [-0.1, -0.05) is 60.7 Å². The summed E-state index contributed by atoms with van der Waals surface area (Å²) in [6.45, 7) is 3.32. The first-order valence-electron chi connectivity index (χ1n) is 9.77. The molecule has 1 aliphatic rings. The van der Waals surface area contributed by atoms with E-state index in [9.17, 15) is 4.79 Å². The summed E-state index contributed by atoms with van der Waals surface area (Å²) in [6, 6.07) is 26.0. The normalized spacial score (nSPS) is 14.9. The van der Waals surface area contributed by atoms with Crippen LogP contribution in [-0.4, -0.2) is 11.6 Å². The summed E-state index contributed by atoms with van der Waals surface area (Å²) in [5, 5.41) is 0.923. The molecule has 0 spiro atoms. The van der Waals surface area contributed by atoms with Crippen LogP contribution >= 0.6 is 0 Å². The molecule has 3 aromatic carbocycles. The lowest BCUT2D eigenvalue weighted by Gasteiger charge is -2.34. The van der Waals surface area contributed by atoms with Crippen LogP contribution in [0.3, 0.4) is 0 Å². The van der Waals surface area contributed by atoms with Gasteiger partial charge in [-0.3, -0.25) is 4.90 Å². The zero-order valence-electron chi connectivity index (χ0n) is 16.2. The first-order chi connectivity index (χ1) is 14.2. The van der Waals surface area contributed by atoms with E-state index in [2.05, 4.69) is 24.0 Å². The van der Waals surface area contributed by atoms with Crippen molar-refractivity contribution in [1.82, 2.24) is 4.90 Å². The van der Waals surface area contributed by atoms with E-state index in [1.54, 1.807) is 6.07 Å². The molecule has 1 aromatic heterocycles. The fourth-order valence-corrected chi connectivity index (χ4v) is 4.00. The molecule has 0 saturated carbocycles. The molecule has 29 heavy (non-hydrogen) atoms. The standard InChI is InChI=1S/C25H21NO3/c1-17(18-8-4-2-5-9-18)26-15-22-23(28-16-26)13-12-20-21(14-24(27)29-25(20)22)19-10-6-3-7-11-19/h2-14,17H,15-16H2,1H3/t17-/m0/s1. The maximum atomic E-state index is 12.4. The Kier molecular flexibility index (Phi) is 4.41. The van der Waals surface area contributed by atoms with Crippen molar-refractivity contribution >= 4 is 11.0 Å². The maximum absolute atomic E-state index is 12.4. The number of benzene rings is 3. The van der Waals surface area contributed by atoms with E-state index in [0.717, 1.165) is 27.8 Å². The van der Waals surface area contributed by atoms with Crippen LogP contribution < -0.4 is 10.4 Å². The Morgan fingerprint density at radius 3 is 2.41 bits per heavy atom. The number of rotatable bonds is 3. The Balaban J connectivity index is 1.61. The lowest BCUT2D eigenvalue weighted by molar-refractivity contribution is 0.0620. The first-order valence-corrected chi connectivity index (χ1v) is 9.77. The molecule has 0 bridgehead atoms. The van der Waals surface area contributed by atoms with E-state index in [1.165, 1.54) is 5.56 Å². The van der Waals surface area contributed by atoms with Crippen LogP contribution in [0.1, 0.15) is 24.1 Å². The highest BCUT2D eigenvalue weighted by Gasteiger charge is 2.26. The van der Waals surface area contributed by atoms with Crippen LogP contribution in [0.25, 0.3) is 22.1 Å². The average molecular weight is 383 g/mol. The van der Waals surface area contributed by atoms with E-state index in [0.29, 0.717) is 18.9 Å². The molecule has 0 radical (unpaired) electrons. The van der Waals surface area contributed by atoms with Gasteiger partial charge in [0.15, 0.2) is 0 Å². The summed E-state index contributed by atoms with van der Waals surface area (Å²) in [4.78, 5) is 14.6. The molecular formula is C25H21NO3. The van der Waals surface area contributed by atoms with Gasteiger partial charge in [-0.25, -0.2) is 4.79 Å². The molecule has 1 aliphatic heterocycles. The van der Waals surface area contributed by atoms with E-state index in [1.807, 2.05) is 60.7 Å². The number of ether oxygens (including phenoxy) is 1. The predicted octanol–water partition coefficient (Wildman–Crippen LogP) is 5.37. The van der Waals surface area contributed by atoms with Crippen molar-refractivity contribution in [2.45, 2.75) is 19.5 Å². The lowest BCUT2D eigenvalue weighted by atomic mass is 9.98. The van der Waals surface area contributed by atoms with Gasteiger partial charge in [0.1, 0.15) is 18.1 Å². The molecule has 4 nitrogen and oxygen atoms in total. The van der Waals surface area contributed by atoms with Crippen molar-refractivity contribution in [3.05, 3.63) is 100 Å². The van der Waals surface area contributed by atoms with Crippen molar-refractivity contribution in [3.8, 4) is 16.9 Å². The molecular weight excluding hydrogens is 362 g/mol. The van der Waals surface area contributed by atoms with Gasteiger partial charge in [0, 0.05) is 24.0 Å². The average Bonchev–Trinajstić information content (AvgIpc) is 2.79. The van der Waals surface area contributed by atoms with Gasteiger partial charge in [-0.05, 0) is 35.7 Å². The summed E-state index contributed by atoms with van der Waals surface area (Å²) in [5.74, 6) is 0.780. The van der Waals surface area contributed by atoms with Crippen LogP contribution in [0, 0.1) is 0 Å². The predicted molar refractivity (Wildman–Crippen MR) is 114 cm³/mol. The molecule has 1 atom stereocenters. The van der Waals surface area contributed by atoms with Crippen molar-refractivity contribution in [3.63, 3.8) is 0 Å². The summed E-state index contributed by atoms with van der Waals surface area (Å²) < 4.78 is 11.7. The number of hydrogen-bond donors (Lipinski definition) is 0. The van der Waals surface area contributed by atoms with Gasteiger partial charge < -0.3 is 9.15 Å². The molecule has 0 N–H and O–H groups in total. The van der Waals surface area contributed by atoms with E-state index in [-0.39, 0.29) is 11.7 Å². The van der Waals surface area contributed by atoms with Crippen LogP contribution in [0.4, 0.5) is 0 Å². The molecule has 4 aromatic rings. The zero-order valence-corrected chi connectivity index (χ0v) is 16.2. The maximum Gasteiger partial charge on any atom is 0.336 e. The highest BCUT2D eigenvalue weighted by Crippen LogP contribution is 2.37. The molecule has 0 aliphatic carbocycles. The third-order valence-corrected chi connectivity index (χ3v) is 5.63. The monoisotopic (exact) mass is 383 g/mol. The number of hydrogen-bond acceptors (Lipinski definition) is 4. The minimum atomic E-state index is -0.349. The van der Waals surface area contributed by atoms with Gasteiger partial charge in [-0.2, -0.15) is 0 Å². The first kappa shape index (κ1) is 17.7. The largest absolute Gasteiger partial charge is 0.478 e. The zero-order chi connectivity index (χ0) is 19.8. The smallest absolute Gasteiger partial charge is 0.336 e. The highest BCUT2D eigenvalue weighted by molar-refractivity contribution is 5.95. The third-order valence-electron chi connectivity index (χ3n) is 5.63. The Morgan fingerprint density at radius 2 is 1.66 bits per heavy atom. The van der Waals surface area contributed by atoms with E-state index in [4.69, 9.17) is 9.15 Å². The summed E-state index contributed by atoms with van der Waals surface area (Å²) in [5.41, 5.74) is 4.29. The van der Waals surface area contributed by atoms with Gasteiger partial charge in [-0.15, -0.1) is 0 Å². The second-order valence-corrected chi connectivity index (χ2v) is 7.37. The third kappa shape index (κ3) is 3.22. The van der Waals surface area contributed by atoms with Gasteiger partial charge in [0.2, 0.25) is 0 Å². The Labute approximate surface area is 169 Å². The molecule has 0 fully saturated rings. The van der Waals surface area contributed by atoms with E-state index >= 15 is 0 Å². The van der Waals surface area contributed by atoms with Crippen LogP contribution in [0.5, 0.6) is 5.75 Å². The summed E-state index contributed by atoms with van der Waals surface area (Å²) in [7, 11) is 0. The molecule has 5 rings (SSSR count). The quantitative estimate of drug-likeness (QED) is 0.446. The molecule has 144 valence electrons. The highest BCUT2D eigenvalue weighted by atomic mass is 16.5. The van der Waals surface area contributed by atoms with Crippen LogP contribution in [0.15, 0.2) is 88.1 Å². The Morgan fingerprint density at radius 1 is 0.931 bits per heavy atom. The SMILES string of the molecule is C[C@@H](c1ccccc1)N1COc2ccc3c(-c4ccccc4)cc(=O)oc3c2C1.